The van der Waals surface area contributed by atoms with Crippen molar-refractivity contribution in [1.82, 2.24) is 29.7 Å². The van der Waals surface area contributed by atoms with E-state index < -0.39 is 5.76 Å². The van der Waals surface area contributed by atoms with Crippen molar-refractivity contribution < 1.29 is 9.26 Å². The summed E-state index contributed by atoms with van der Waals surface area (Å²) >= 11 is 0. The van der Waals surface area contributed by atoms with Crippen LogP contribution in [0.2, 0.25) is 0 Å². The number of H-pyrrole nitrogens is 1. The van der Waals surface area contributed by atoms with Crippen molar-refractivity contribution in [3.63, 3.8) is 0 Å². The van der Waals surface area contributed by atoms with Crippen LogP contribution in [-0.2, 0) is 11.3 Å². The molecule has 0 aromatic carbocycles. The summed E-state index contributed by atoms with van der Waals surface area (Å²) in [6.07, 6.45) is 3.63. The van der Waals surface area contributed by atoms with Crippen LogP contribution in [0.5, 0.6) is 0 Å². The number of hydrogen-bond acceptors (Lipinski definition) is 7. The lowest BCUT2D eigenvalue weighted by Gasteiger charge is -2.22. The van der Waals surface area contributed by atoms with Gasteiger partial charge in [-0.05, 0) is 19.8 Å². The number of nitrogens with one attached hydrogen (secondary N) is 1. The number of fused-ring (bicyclic) bond motifs is 1. The standard InChI is InChI=1S/C14H16N6O3/c1-2-20-9-7-15-11(12-18-14(21)23-19-12)16-10(9)17-13(20)8-3-5-22-6-4-8/h7-8H,2-6H2,1H3,(H,18,19,21). The number of imidazole rings is 1. The molecule has 1 N–H and O–H groups in total. The second-order valence-electron chi connectivity index (χ2n) is 5.45. The topological polar surface area (TPSA) is 112 Å². The first-order valence-corrected chi connectivity index (χ1v) is 7.63. The van der Waals surface area contributed by atoms with E-state index in [9.17, 15) is 4.79 Å². The molecule has 9 nitrogen and oxygen atoms in total. The van der Waals surface area contributed by atoms with E-state index in [1.165, 1.54) is 0 Å². The first-order chi connectivity index (χ1) is 11.3. The molecule has 1 aliphatic rings. The first-order valence-electron chi connectivity index (χ1n) is 7.63. The summed E-state index contributed by atoms with van der Waals surface area (Å²) in [5.41, 5.74) is 1.48. The van der Waals surface area contributed by atoms with Crippen LogP contribution in [0, 0.1) is 0 Å². The van der Waals surface area contributed by atoms with Crippen molar-refractivity contribution in [3.05, 3.63) is 22.6 Å². The van der Waals surface area contributed by atoms with E-state index in [1.54, 1.807) is 6.20 Å². The summed E-state index contributed by atoms with van der Waals surface area (Å²) in [5, 5.41) is 3.61. The van der Waals surface area contributed by atoms with Crippen LogP contribution in [-0.4, -0.2) is 42.9 Å². The average Bonchev–Trinajstić information content (AvgIpc) is 3.18. The highest BCUT2D eigenvalue weighted by Gasteiger charge is 2.23. The minimum absolute atomic E-state index is 0.204. The maximum atomic E-state index is 11.1. The van der Waals surface area contributed by atoms with Crippen LogP contribution < -0.4 is 5.76 Å². The second-order valence-corrected chi connectivity index (χ2v) is 5.45. The zero-order valence-corrected chi connectivity index (χ0v) is 12.7. The van der Waals surface area contributed by atoms with Crippen molar-refractivity contribution in [2.24, 2.45) is 0 Å². The number of ether oxygens (including phenoxy) is 1. The zero-order valence-electron chi connectivity index (χ0n) is 12.7. The smallest absolute Gasteiger partial charge is 0.381 e. The molecular formula is C14H16N6O3. The monoisotopic (exact) mass is 316 g/mol. The van der Waals surface area contributed by atoms with Crippen molar-refractivity contribution in [1.29, 1.82) is 0 Å². The highest BCUT2D eigenvalue weighted by atomic mass is 16.5. The SMILES string of the molecule is CCn1c(C2CCOCC2)nc2nc(-c3noc(=O)[nH]3)ncc21. The van der Waals surface area contributed by atoms with Crippen molar-refractivity contribution in [2.75, 3.05) is 13.2 Å². The molecule has 0 spiro atoms. The van der Waals surface area contributed by atoms with E-state index in [2.05, 4.69) is 36.1 Å². The van der Waals surface area contributed by atoms with Gasteiger partial charge in [0, 0.05) is 25.7 Å². The van der Waals surface area contributed by atoms with Crippen molar-refractivity contribution in [2.45, 2.75) is 32.2 Å². The Kier molecular flexibility index (Phi) is 3.41. The van der Waals surface area contributed by atoms with E-state index >= 15 is 0 Å². The number of rotatable bonds is 3. The molecule has 0 atom stereocenters. The molecule has 23 heavy (non-hydrogen) atoms. The fraction of sp³-hybridized carbons (Fsp3) is 0.500. The lowest BCUT2D eigenvalue weighted by molar-refractivity contribution is 0.0829. The molecule has 4 rings (SSSR count). The Morgan fingerprint density at radius 1 is 1.35 bits per heavy atom. The first kappa shape index (κ1) is 14.1. The molecule has 0 aliphatic carbocycles. The quantitative estimate of drug-likeness (QED) is 0.769. The van der Waals surface area contributed by atoms with Gasteiger partial charge in [0.05, 0.1) is 6.20 Å². The van der Waals surface area contributed by atoms with Crippen molar-refractivity contribution >= 4 is 11.2 Å². The molecule has 0 unspecified atom stereocenters. The number of aromatic nitrogens is 6. The Morgan fingerprint density at radius 3 is 2.87 bits per heavy atom. The summed E-state index contributed by atoms with van der Waals surface area (Å²) in [6, 6.07) is 0. The molecule has 3 aromatic heterocycles. The minimum atomic E-state index is -0.634. The largest absolute Gasteiger partial charge is 0.439 e. The summed E-state index contributed by atoms with van der Waals surface area (Å²) < 4.78 is 12.1. The third-order valence-electron chi connectivity index (χ3n) is 4.09. The lowest BCUT2D eigenvalue weighted by atomic mass is 9.99. The minimum Gasteiger partial charge on any atom is -0.381 e. The molecule has 1 fully saturated rings. The highest BCUT2D eigenvalue weighted by Crippen LogP contribution is 2.29. The molecule has 0 bridgehead atoms. The maximum Gasteiger partial charge on any atom is 0.439 e. The van der Waals surface area contributed by atoms with Crippen LogP contribution in [0.4, 0.5) is 0 Å². The van der Waals surface area contributed by atoms with Crippen LogP contribution in [0.3, 0.4) is 0 Å². The van der Waals surface area contributed by atoms with E-state index in [4.69, 9.17) is 9.72 Å². The average molecular weight is 316 g/mol. The van der Waals surface area contributed by atoms with Gasteiger partial charge < -0.3 is 9.30 Å². The van der Waals surface area contributed by atoms with Gasteiger partial charge in [0.15, 0.2) is 5.65 Å². The molecule has 0 saturated carbocycles. The van der Waals surface area contributed by atoms with Crippen molar-refractivity contribution in [3.8, 4) is 11.6 Å². The Bertz CT molecular complexity index is 889. The van der Waals surface area contributed by atoms with Crippen LogP contribution in [0.15, 0.2) is 15.5 Å². The molecule has 4 heterocycles. The number of hydrogen-bond donors (Lipinski definition) is 1. The van der Waals surface area contributed by atoms with Gasteiger partial charge in [0.25, 0.3) is 0 Å². The summed E-state index contributed by atoms with van der Waals surface area (Å²) in [6.45, 7) is 4.39. The molecular weight excluding hydrogens is 300 g/mol. The maximum absolute atomic E-state index is 11.1. The number of aryl methyl sites for hydroxylation is 1. The Morgan fingerprint density at radius 2 is 2.17 bits per heavy atom. The van der Waals surface area contributed by atoms with E-state index in [0.29, 0.717) is 17.4 Å². The van der Waals surface area contributed by atoms with Gasteiger partial charge >= 0.3 is 5.76 Å². The number of nitrogens with zero attached hydrogens (tertiary/aromatic N) is 5. The lowest BCUT2D eigenvalue weighted by Crippen LogP contribution is -2.17. The van der Waals surface area contributed by atoms with Gasteiger partial charge in [0.1, 0.15) is 11.3 Å². The zero-order chi connectivity index (χ0) is 15.8. The second kappa shape index (κ2) is 5.58. The summed E-state index contributed by atoms with van der Waals surface area (Å²) in [4.78, 5) is 26.9. The molecule has 9 heteroatoms. The summed E-state index contributed by atoms with van der Waals surface area (Å²) in [5.74, 6) is 1.25. The van der Waals surface area contributed by atoms with Gasteiger partial charge in [-0.25, -0.2) is 19.7 Å². The van der Waals surface area contributed by atoms with Gasteiger partial charge in [-0.3, -0.25) is 9.51 Å². The van der Waals surface area contributed by atoms with Gasteiger partial charge in [-0.2, -0.15) is 0 Å². The molecule has 3 aromatic rings. The van der Waals surface area contributed by atoms with Crippen LogP contribution in [0.25, 0.3) is 22.8 Å². The molecule has 1 aliphatic heterocycles. The fourth-order valence-electron chi connectivity index (χ4n) is 2.97. The van der Waals surface area contributed by atoms with Crippen LogP contribution in [0.1, 0.15) is 31.5 Å². The Hall–Kier alpha value is -2.55. The van der Waals surface area contributed by atoms with Gasteiger partial charge in [-0.15, -0.1) is 0 Å². The fourth-order valence-corrected chi connectivity index (χ4v) is 2.97. The molecule has 0 radical (unpaired) electrons. The van der Waals surface area contributed by atoms with E-state index in [-0.39, 0.29) is 5.82 Å². The Labute approximate surface area is 130 Å². The molecule has 1 saturated heterocycles. The summed E-state index contributed by atoms with van der Waals surface area (Å²) in [7, 11) is 0. The molecule has 120 valence electrons. The van der Waals surface area contributed by atoms with E-state index in [0.717, 1.165) is 43.9 Å². The number of aromatic amines is 1. The van der Waals surface area contributed by atoms with Gasteiger partial charge in [0.2, 0.25) is 11.6 Å². The Balaban J connectivity index is 1.81. The third-order valence-corrected chi connectivity index (χ3v) is 4.09. The predicted octanol–water partition coefficient (Wildman–Crippen LogP) is 1.08. The molecule has 0 amide bonds. The predicted molar refractivity (Wildman–Crippen MR) is 79.9 cm³/mol. The van der Waals surface area contributed by atoms with Gasteiger partial charge in [-0.1, -0.05) is 5.16 Å². The normalized spacial score (nSPS) is 16.2. The van der Waals surface area contributed by atoms with Crippen LogP contribution >= 0.6 is 0 Å². The van der Waals surface area contributed by atoms with E-state index in [1.807, 2.05) is 0 Å². The third kappa shape index (κ3) is 2.42. The highest BCUT2D eigenvalue weighted by molar-refractivity contribution is 5.72.